The number of aromatic nitrogens is 2. The van der Waals surface area contributed by atoms with Gasteiger partial charge in [-0.1, -0.05) is 24.3 Å². The van der Waals surface area contributed by atoms with E-state index < -0.39 is 11.9 Å². The van der Waals surface area contributed by atoms with E-state index in [4.69, 9.17) is 16.2 Å². The topological polar surface area (TPSA) is 125 Å². The summed E-state index contributed by atoms with van der Waals surface area (Å²) in [4.78, 5) is 30.2. The Balaban J connectivity index is 0.00000171. The number of carboxylic acids is 1. The fourth-order valence-corrected chi connectivity index (χ4v) is 3.72. The van der Waals surface area contributed by atoms with Crippen LogP contribution in [0.1, 0.15) is 22.3 Å². The van der Waals surface area contributed by atoms with E-state index in [1.54, 1.807) is 29.2 Å². The van der Waals surface area contributed by atoms with Crippen molar-refractivity contribution in [2.24, 2.45) is 18.7 Å². The van der Waals surface area contributed by atoms with Gasteiger partial charge in [-0.2, -0.15) is 0 Å². The van der Waals surface area contributed by atoms with Gasteiger partial charge in [-0.25, -0.2) is 4.98 Å². The number of hydrogen-bond acceptors (Lipinski definition) is 4. The van der Waals surface area contributed by atoms with Crippen LogP contribution in [0.3, 0.4) is 0 Å². The first-order valence-electron chi connectivity index (χ1n) is 9.28. The van der Waals surface area contributed by atoms with Gasteiger partial charge >= 0.3 is 5.97 Å². The number of nitrogen functional groups attached to an aromatic ring is 1. The Morgan fingerprint density at radius 1 is 1.13 bits per heavy atom. The van der Waals surface area contributed by atoms with Crippen molar-refractivity contribution in [1.82, 2.24) is 14.5 Å². The number of carboxylic acid groups (broad SMARTS) is 1. The van der Waals surface area contributed by atoms with Crippen molar-refractivity contribution in [2.75, 3.05) is 13.1 Å². The van der Waals surface area contributed by atoms with Gasteiger partial charge in [0.1, 0.15) is 11.7 Å². The van der Waals surface area contributed by atoms with Gasteiger partial charge in [-0.3, -0.25) is 15.0 Å². The number of aryl methyl sites for hydroxylation is 1. The molecular formula is C21H23Br2N5O3. The zero-order valence-electron chi connectivity index (χ0n) is 16.7. The molecule has 1 aromatic heterocycles. The van der Waals surface area contributed by atoms with Crippen LogP contribution in [-0.4, -0.2) is 50.4 Å². The maximum absolute atomic E-state index is 12.8. The smallest absolute Gasteiger partial charge is 0.308 e. The predicted molar refractivity (Wildman–Crippen MR) is 129 cm³/mol. The van der Waals surface area contributed by atoms with E-state index >= 15 is 0 Å². The standard InChI is InChI=1S/C21H21N5O3.2BrH/c1-25-17-7-6-14(20(27)26-9-8-15(11-26)21(28)29)10-16(17)24-19(25)13-4-2-12(3-5-13)18(22)23;;/h2-7,10,15H,8-9,11H2,1H3,(H3,22,23)(H,28,29);2*1H. The van der Waals surface area contributed by atoms with E-state index in [0.29, 0.717) is 29.6 Å². The number of fused-ring (bicyclic) bond motifs is 1. The zero-order chi connectivity index (χ0) is 20.7. The highest BCUT2D eigenvalue weighted by Crippen LogP contribution is 2.26. The molecule has 1 unspecified atom stereocenters. The molecule has 1 aliphatic heterocycles. The molecule has 164 valence electrons. The van der Waals surface area contributed by atoms with Gasteiger partial charge in [0.05, 0.1) is 17.0 Å². The normalized spacial score (nSPS) is 15.3. The van der Waals surface area contributed by atoms with E-state index in [0.717, 1.165) is 16.9 Å². The van der Waals surface area contributed by atoms with Gasteiger partial charge in [0.2, 0.25) is 0 Å². The van der Waals surface area contributed by atoms with Crippen LogP contribution >= 0.6 is 34.0 Å². The largest absolute Gasteiger partial charge is 0.481 e. The summed E-state index contributed by atoms with van der Waals surface area (Å²) in [5, 5.41) is 16.6. The summed E-state index contributed by atoms with van der Waals surface area (Å²) in [7, 11) is 1.91. The molecule has 1 atom stereocenters. The summed E-state index contributed by atoms with van der Waals surface area (Å²) in [6.07, 6.45) is 0.479. The van der Waals surface area contributed by atoms with E-state index in [9.17, 15) is 9.59 Å². The fraction of sp³-hybridized carbons (Fsp3) is 0.238. The van der Waals surface area contributed by atoms with Crippen molar-refractivity contribution in [2.45, 2.75) is 6.42 Å². The Kier molecular flexibility index (Phi) is 7.61. The number of likely N-dealkylation sites (tertiary alicyclic amines) is 1. The molecule has 0 aliphatic carbocycles. The third kappa shape index (κ3) is 4.64. The minimum absolute atomic E-state index is 0. The van der Waals surface area contributed by atoms with Crippen LogP contribution in [0.5, 0.6) is 0 Å². The highest BCUT2D eigenvalue weighted by atomic mass is 79.9. The summed E-state index contributed by atoms with van der Waals surface area (Å²) in [6, 6.07) is 12.6. The highest BCUT2D eigenvalue weighted by molar-refractivity contribution is 8.93. The van der Waals surface area contributed by atoms with Crippen LogP contribution in [0.25, 0.3) is 22.4 Å². The number of rotatable bonds is 4. The fourth-order valence-electron chi connectivity index (χ4n) is 3.72. The van der Waals surface area contributed by atoms with E-state index in [-0.39, 0.29) is 52.3 Å². The zero-order valence-corrected chi connectivity index (χ0v) is 20.2. The molecule has 1 saturated heterocycles. The summed E-state index contributed by atoms with van der Waals surface area (Å²) in [5.74, 6) is -0.778. The molecule has 4 rings (SSSR count). The molecule has 10 heteroatoms. The number of nitrogens with one attached hydrogen (secondary N) is 1. The van der Waals surface area contributed by atoms with Crippen molar-refractivity contribution >= 4 is 62.7 Å². The molecule has 0 radical (unpaired) electrons. The number of imidazole rings is 1. The number of nitrogens with zero attached hydrogens (tertiary/aromatic N) is 3. The quantitative estimate of drug-likeness (QED) is 0.338. The number of aliphatic carboxylic acids is 1. The molecule has 4 N–H and O–H groups in total. The Labute approximate surface area is 200 Å². The second kappa shape index (κ2) is 9.61. The highest BCUT2D eigenvalue weighted by Gasteiger charge is 2.31. The molecule has 0 bridgehead atoms. The molecule has 0 saturated carbocycles. The molecule has 1 amide bonds. The molecule has 1 aliphatic rings. The maximum atomic E-state index is 12.8. The van der Waals surface area contributed by atoms with Crippen LogP contribution in [0.4, 0.5) is 0 Å². The first kappa shape index (κ1) is 24.5. The Morgan fingerprint density at radius 2 is 1.77 bits per heavy atom. The monoisotopic (exact) mass is 551 g/mol. The lowest BCUT2D eigenvalue weighted by Crippen LogP contribution is -2.29. The van der Waals surface area contributed by atoms with E-state index in [1.807, 2.05) is 29.8 Å². The lowest BCUT2D eigenvalue weighted by Gasteiger charge is -2.15. The van der Waals surface area contributed by atoms with Crippen LogP contribution in [-0.2, 0) is 11.8 Å². The number of benzene rings is 2. The van der Waals surface area contributed by atoms with Gasteiger partial charge < -0.3 is 20.3 Å². The summed E-state index contributed by atoms with van der Waals surface area (Å²) in [6.45, 7) is 0.686. The molecule has 0 spiro atoms. The Bertz CT molecular complexity index is 1140. The first-order valence-corrected chi connectivity index (χ1v) is 9.28. The van der Waals surface area contributed by atoms with Crippen molar-refractivity contribution in [3.8, 4) is 11.4 Å². The lowest BCUT2D eigenvalue weighted by molar-refractivity contribution is -0.141. The van der Waals surface area contributed by atoms with Crippen molar-refractivity contribution < 1.29 is 14.7 Å². The number of carbonyl (C=O) groups is 2. The van der Waals surface area contributed by atoms with E-state index in [1.165, 1.54) is 0 Å². The summed E-state index contributed by atoms with van der Waals surface area (Å²) >= 11 is 0. The molecule has 8 nitrogen and oxygen atoms in total. The van der Waals surface area contributed by atoms with Crippen LogP contribution in [0.15, 0.2) is 42.5 Å². The number of nitrogens with two attached hydrogens (primary N) is 1. The van der Waals surface area contributed by atoms with Crippen LogP contribution in [0, 0.1) is 11.3 Å². The van der Waals surface area contributed by atoms with Gasteiger partial charge in [0.25, 0.3) is 5.91 Å². The minimum Gasteiger partial charge on any atom is -0.481 e. The Hall–Kier alpha value is -2.72. The number of amidine groups is 1. The molecule has 3 aromatic rings. The summed E-state index contributed by atoms with van der Waals surface area (Å²) in [5.41, 5.74) is 9.11. The average molecular weight is 553 g/mol. The molecule has 2 aromatic carbocycles. The third-order valence-electron chi connectivity index (χ3n) is 5.41. The van der Waals surface area contributed by atoms with Gasteiger partial charge in [0, 0.05) is 36.8 Å². The minimum atomic E-state index is -0.860. The van der Waals surface area contributed by atoms with Crippen molar-refractivity contribution in [3.63, 3.8) is 0 Å². The maximum Gasteiger partial charge on any atom is 0.308 e. The van der Waals surface area contributed by atoms with Crippen LogP contribution in [0.2, 0.25) is 0 Å². The SMILES string of the molecule is Br.Br.Cn1c(-c2ccc(C(=N)N)cc2)nc2cc(C(=O)N3CCC(C(=O)O)C3)ccc21. The summed E-state index contributed by atoms with van der Waals surface area (Å²) < 4.78 is 1.95. The van der Waals surface area contributed by atoms with Gasteiger partial charge in [-0.05, 0) is 24.6 Å². The van der Waals surface area contributed by atoms with Gasteiger partial charge in [-0.15, -0.1) is 34.0 Å². The van der Waals surface area contributed by atoms with Crippen molar-refractivity contribution in [1.29, 1.82) is 5.41 Å². The second-order valence-corrected chi connectivity index (χ2v) is 7.26. The molecule has 2 heterocycles. The number of amides is 1. The number of hydrogen-bond donors (Lipinski definition) is 3. The van der Waals surface area contributed by atoms with Crippen LogP contribution < -0.4 is 5.73 Å². The molecule has 1 fully saturated rings. The Morgan fingerprint density at radius 3 is 2.35 bits per heavy atom. The van der Waals surface area contributed by atoms with Gasteiger partial charge in [0.15, 0.2) is 0 Å². The van der Waals surface area contributed by atoms with Crippen molar-refractivity contribution in [3.05, 3.63) is 53.6 Å². The average Bonchev–Trinajstić information content (AvgIpc) is 3.33. The first-order chi connectivity index (χ1) is 13.8. The second-order valence-electron chi connectivity index (χ2n) is 7.26. The third-order valence-corrected chi connectivity index (χ3v) is 5.41. The number of halogens is 2. The predicted octanol–water partition coefficient (Wildman–Crippen LogP) is 3.23. The molecular weight excluding hydrogens is 530 g/mol. The molecule has 31 heavy (non-hydrogen) atoms. The lowest BCUT2D eigenvalue weighted by atomic mass is 10.1. The van der Waals surface area contributed by atoms with E-state index in [2.05, 4.69) is 4.98 Å². The number of carbonyl (C=O) groups excluding carboxylic acids is 1.